The Morgan fingerprint density at radius 3 is 2.45 bits per heavy atom. The Balaban J connectivity index is 3.09. The van der Waals surface area contributed by atoms with Gasteiger partial charge in [-0.3, -0.25) is 0 Å². The molecule has 1 aromatic heterocycles. The van der Waals surface area contributed by atoms with E-state index >= 15 is 0 Å². The molecule has 0 bridgehead atoms. The smallest absolute Gasteiger partial charge is 0.247 e. The maximum Gasteiger partial charge on any atom is 0.247 e. The average molecular weight is 193 g/mol. The van der Waals surface area contributed by atoms with Crippen molar-refractivity contribution in [2.24, 2.45) is 5.14 Å². The number of primary sulfonamides is 1. The zero-order valence-electron chi connectivity index (χ0n) is 5.77. The molecule has 0 unspecified atom stereocenters. The Bertz CT molecular complexity index is 340. The second-order valence-corrected chi connectivity index (χ2v) is 4.66. The van der Waals surface area contributed by atoms with Crippen LogP contribution in [0.1, 0.15) is 0 Å². The molecule has 0 aliphatic heterocycles. The number of rotatable bonds is 2. The van der Waals surface area contributed by atoms with Crippen molar-refractivity contribution >= 4 is 21.4 Å². The molecule has 62 valence electrons. The molecular formula is C5H7NO3S2. The highest BCUT2D eigenvalue weighted by Crippen LogP contribution is 2.26. The van der Waals surface area contributed by atoms with E-state index in [0.29, 0.717) is 5.06 Å². The van der Waals surface area contributed by atoms with Crippen molar-refractivity contribution in [2.45, 2.75) is 4.21 Å². The molecule has 2 N–H and O–H groups in total. The average Bonchev–Trinajstić information content (AvgIpc) is 2.32. The summed E-state index contributed by atoms with van der Waals surface area (Å²) in [5.74, 6) is 0. The van der Waals surface area contributed by atoms with Crippen LogP contribution in [0.5, 0.6) is 5.06 Å². The third-order valence-corrected chi connectivity index (χ3v) is 3.52. The summed E-state index contributed by atoms with van der Waals surface area (Å²) in [4.78, 5) is 0. The number of thiophene rings is 1. The van der Waals surface area contributed by atoms with Crippen LogP contribution in [0.3, 0.4) is 0 Å². The van der Waals surface area contributed by atoms with E-state index in [1.165, 1.54) is 13.2 Å². The Labute approximate surface area is 68.7 Å². The Hall–Kier alpha value is -0.590. The van der Waals surface area contributed by atoms with Gasteiger partial charge in [0.1, 0.15) is 4.21 Å². The van der Waals surface area contributed by atoms with Gasteiger partial charge in [-0.05, 0) is 12.1 Å². The fourth-order valence-electron chi connectivity index (χ4n) is 0.566. The van der Waals surface area contributed by atoms with E-state index in [9.17, 15) is 8.42 Å². The molecule has 0 amide bonds. The molecule has 4 nitrogen and oxygen atoms in total. The molecule has 1 heterocycles. The fraction of sp³-hybridized carbons (Fsp3) is 0.200. The predicted octanol–water partition coefficient (Wildman–Crippen LogP) is 0.404. The SMILES string of the molecule is COc1ccc(S(N)(=O)=O)s1. The second-order valence-electron chi connectivity index (χ2n) is 1.82. The summed E-state index contributed by atoms with van der Waals surface area (Å²) in [6.45, 7) is 0. The Morgan fingerprint density at radius 2 is 2.18 bits per heavy atom. The monoisotopic (exact) mass is 193 g/mol. The van der Waals surface area contributed by atoms with Crippen LogP contribution in [-0.2, 0) is 10.0 Å². The van der Waals surface area contributed by atoms with Crippen molar-refractivity contribution in [1.82, 2.24) is 0 Å². The lowest BCUT2D eigenvalue weighted by atomic mass is 10.6. The lowest BCUT2D eigenvalue weighted by molar-refractivity contribution is 0.427. The van der Waals surface area contributed by atoms with Crippen LogP contribution in [0, 0.1) is 0 Å². The third-order valence-electron chi connectivity index (χ3n) is 1.04. The number of hydrogen-bond donors (Lipinski definition) is 1. The largest absolute Gasteiger partial charge is 0.487 e. The lowest BCUT2D eigenvalue weighted by Gasteiger charge is -1.90. The topological polar surface area (TPSA) is 69.4 Å². The molecular weight excluding hydrogens is 186 g/mol. The van der Waals surface area contributed by atoms with Gasteiger partial charge in [0.25, 0.3) is 0 Å². The van der Waals surface area contributed by atoms with Crippen molar-refractivity contribution in [3.05, 3.63) is 12.1 Å². The van der Waals surface area contributed by atoms with Gasteiger partial charge in [0.15, 0.2) is 5.06 Å². The first-order valence-corrected chi connectivity index (χ1v) is 5.07. The van der Waals surface area contributed by atoms with E-state index in [0.717, 1.165) is 11.3 Å². The molecule has 0 atom stereocenters. The van der Waals surface area contributed by atoms with E-state index in [1.54, 1.807) is 6.07 Å². The minimum absolute atomic E-state index is 0.120. The Kier molecular flexibility index (Phi) is 2.17. The highest BCUT2D eigenvalue weighted by molar-refractivity contribution is 7.91. The van der Waals surface area contributed by atoms with Crippen LogP contribution in [0.15, 0.2) is 16.3 Å². The number of nitrogens with two attached hydrogens (primary N) is 1. The molecule has 0 spiro atoms. The summed E-state index contributed by atoms with van der Waals surface area (Å²) >= 11 is 1.00. The van der Waals surface area contributed by atoms with Crippen molar-refractivity contribution < 1.29 is 13.2 Å². The maximum atomic E-state index is 10.7. The molecule has 0 saturated heterocycles. The standard InChI is InChI=1S/C5H7NO3S2/c1-9-4-2-3-5(10-4)11(6,7)8/h2-3H,1H3,(H2,6,7,8). The Morgan fingerprint density at radius 1 is 1.55 bits per heavy atom. The van der Waals surface area contributed by atoms with Gasteiger partial charge in [-0.1, -0.05) is 11.3 Å². The summed E-state index contributed by atoms with van der Waals surface area (Å²) in [5.41, 5.74) is 0. The van der Waals surface area contributed by atoms with Gasteiger partial charge >= 0.3 is 0 Å². The van der Waals surface area contributed by atoms with Gasteiger partial charge < -0.3 is 4.74 Å². The molecule has 1 rings (SSSR count). The molecule has 6 heteroatoms. The summed E-state index contributed by atoms with van der Waals surface area (Å²) in [5, 5.41) is 5.39. The first kappa shape index (κ1) is 8.51. The van der Waals surface area contributed by atoms with Gasteiger partial charge in [-0.25, -0.2) is 13.6 Å². The minimum Gasteiger partial charge on any atom is -0.487 e. The highest BCUT2D eigenvalue weighted by atomic mass is 32.2. The summed E-state index contributed by atoms with van der Waals surface area (Å²) < 4.78 is 26.3. The van der Waals surface area contributed by atoms with Crippen molar-refractivity contribution in [3.8, 4) is 5.06 Å². The van der Waals surface area contributed by atoms with Crippen LogP contribution in [-0.4, -0.2) is 15.5 Å². The van der Waals surface area contributed by atoms with Gasteiger partial charge in [-0.2, -0.15) is 0 Å². The lowest BCUT2D eigenvalue weighted by Crippen LogP contribution is -2.09. The molecule has 0 aliphatic carbocycles. The molecule has 0 aliphatic rings. The van der Waals surface area contributed by atoms with Gasteiger partial charge in [0.05, 0.1) is 7.11 Å². The highest BCUT2D eigenvalue weighted by Gasteiger charge is 2.10. The van der Waals surface area contributed by atoms with Gasteiger partial charge in [0, 0.05) is 0 Å². The van der Waals surface area contributed by atoms with Crippen LogP contribution < -0.4 is 9.88 Å². The number of sulfonamides is 1. The predicted molar refractivity (Wildman–Crippen MR) is 42.2 cm³/mol. The molecule has 0 radical (unpaired) electrons. The zero-order valence-corrected chi connectivity index (χ0v) is 7.41. The van der Waals surface area contributed by atoms with Gasteiger partial charge in [0.2, 0.25) is 10.0 Å². The molecule has 1 aromatic rings. The number of hydrogen-bond acceptors (Lipinski definition) is 4. The van der Waals surface area contributed by atoms with E-state index in [-0.39, 0.29) is 4.21 Å². The number of ether oxygens (including phenoxy) is 1. The molecule has 0 aromatic carbocycles. The number of methoxy groups -OCH3 is 1. The normalized spacial score (nSPS) is 11.5. The van der Waals surface area contributed by atoms with E-state index in [2.05, 4.69) is 0 Å². The molecule has 0 saturated carbocycles. The first-order valence-electron chi connectivity index (χ1n) is 2.70. The first-order chi connectivity index (χ1) is 5.04. The summed E-state index contributed by atoms with van der Waals surface area (Å²) in [6, 6.07) is 2.98. The van der Waals surface area contributed by atoms with E-state index < -0.39 is 10.0 Å². The second kappa shape index (κ2) is 2.80. The van der Waals surface area contributed by atoms with Crippen LogP contribution >= 0.6 is 11.3 Å². The third kappa shape index (κ3) is 1.92. The quantitative estimate of drug-likeness (QED) is 0.739. The fourth-order valence-corrected chi connectivity index (χ4v) is 2.09. The van der Waals surface area contributed by atoms with Crippen LogP contribution in [0.25, 0.3) is 0 Å². The van der Waals surface area contributed by atoms with Gasteiger partial charge in [-0.15, -0.1) is 0 Å². The molecule has 11 heavy (non-hydrogen) atoms. The summed E-state index contributed by atoms with van der Waals surface area (Å²) in [6.07, 6.45) is 0. The van der Waals surface area contributed by atoms with Crippen molar-refractivity contribution in [1.29, 1.82) is 0 Å². The van der Waals surface area contributed by atoms with Crippen molar-refractivity contribution in [2.75, 3.05) is 7.11 Å². The van der Waals surface area contributed by atoms with Crippen LogP contribution in [0.2, 0.25) is 0 Å². The molecule has 0 fully saturated rings. The zero-order chi connectivity index (χ0) is 8.48. The van der Waals surface area contributed by atoms with Crippen molar-refractivity contribution in [3.63, 3.8) is 0 Å². The van der Waals surface area contributed by atoms with E-state index in [1.807, 2.05) is 0 Å². The van der Waals surface area contributed by atoms with Crippen LogP contribution in [0.4, 0.5) is 0 Å². The summed E-state index contributed by atoms with van der Waals surface area (Å²) in [7, 11) is -2.08. The maximum absolute atomic E-state index is 10.7. The van der Waals surface area contributed by atoms with E-state index in [4.69, 9.17) is 9.88 Å². The minimum atomic E-state index is -3.55.